The highest BCUT2D eigenvalue weighted by Gasteiger charge is 2.49. The minimum atomic E-state index is -0.358. The molecule has 0 radical (unpaired) electrons. The first kappa shape index (κ1) is 16.9. The smallest absolute Gasteiger partial charge is 0.229 e. The summed E-state index contributed by atoms with van der Waals surface area (Å²) in [5.41, 5.74) is 7.12. The molecule has 2 aliphatic carbocycles. The first-order valence-electron chi connectivity index (χ1n) is 7.99. The summed E-state index contributed by atoms with van der Waals surface area (Å²) < 4.78 is 15.2. The largest absolute Gasteiger partial charge is 0.327 e. The first-order chi connectivity index (χ1) is 11.1. The van der Waals surface area contributed by atoms with E-state index in [1.807, 2.05) is 0 Å². The van der Waals surface area contributed by atoms with Gasteiger partial charge in [0.25, 0.3) is 0 Å². The second-order valence-corrected chi connectivity index (χ2v) is 6.55. The van der Waals surface area contributed by atoms with Crippen molar-refractivity contribution in [3.05, 3.63) is 42.5 Å². The molecule has 7 heteroatoms. The van der Waals surface area contributed by atoms with E-state index in [0.717, 1.165) is 19.3 Å². The van der Waals surface area contributed by atoms with E-state index in [2.05, 4.69) is 10.4 Å². The summed E-state index contributed by atoms with van der Waals surface area (Å²) in [5, 5.41) is 7.01. The number of nitrogens with two attached hydrogens (primary N) is 1. The molecule has 5 nitrogen and oxygen atoms in total. The number of para-hydroxylation sites is 1. The molecule has 1 aromatic heterocycles. The Labute approximate surface area is 145 Å². The number of nitrogens with one attached hydrogen (secondary N) is 1. The van der Waals surface area contributed by atoms with Crippen LogP contribution in [0.3, 0.4) is 0 Å². The summed E-state index contributed by atoms with van der Waals surface area (Å²) >= 11 is 0. The molecule has 1 amide bonds. The molecule has 2 aromatic rings. The number of hydrogen-bond acceptors (Lipinski definition) is 3. The molecule has 1 aromatic carbocycles. The van der Waals surface area contributed by atoms with Crippen LogP contribution < -0.4 is 11.1 Å². The molecule has 0 saturated heterocycles. The van der Waals surface area contributed by atoms with Crippen molar-refractivity contribution in [3.8, 4) is 5.69 Å². The summed E-state index contributed by atoms with van der Waals surface area (Å²) in [5.74, 6) is 0.362. The Morgan fingerprint density at radius 3 is 2.75 bits per heavy atom. The van der Waals surface area contributed by atoms with E-state index in [1.54, 1.807) is 24.4 Å². The molecule has 2 aliphatic rings. The highest BCUT2D eigenvalue weighted by atomic mass is 35.5. The first-order valence-corrected chi connectivity index (χ1v) is 7.99. The summed E-state index contributed by atoms with van der Waals surface area (Å²) in [7, 11) is 0. The number of aromatic nitrogens is 2. The Balaban J connectivity index is 0.00000169. The van der Waals surface area contributed by atoms with E-state index in [0.29, 0.717) is 23.2 Å². The van der Waals surface area contributed by atoms with Gasteiger partial charge >= 0.3 is 0 Å². The monoisotopic (exact) mass is 350 g/mol. The highest BCUT2D eigenvalue weighted by Crippen LogP contribution is 2.47. The fraction of sp³-hybridized carbons (Fsp3) is 0.412. The maximum absolute atomic E-state index is 13.8. The zero-order chi connectivity index (χ0) is 16.0. The van der Waals surface area contributed by atoms with Crippen LogP contribution in [0.4, 0.5) is 10.1 Å². The number of carbonyl (C=O) groups excluding carboxylic acids is 1. The van der Waals surface area contributed by atoms with Gasteiger partial charge in [-0.3, -0.25) is 4.79 Å². The third-order valence-electron chi connectivity index (χ3n) is 5.23. The second kappa shape index (κ2) is 6.53. The third kappa shape index (κ3) is 2.80. The molecule has 4 unspecified atom stereocenters. The van der Waals surface area contributed by atoms with Crippen molar-refractivity contribution in [2.75, 3.05) is 5.32 Å². The van der Waals surface area contributed by atoms with Gasteiger partial charge < -0.3 is 11.1 Å². The predicted molar refractivity (Wildman–Crippen MR) is 91.7 cm³/mol. The van der Waals surface area contributed by atoms with Gasteiger partial charge in [-0.25, -0.2) is 9.07 Å². The molecule has 4 atom stereocenters. The van der Waals surface area contributed by atoms with Crippen molar-refractivity contribution in [2.45, 2.75) is 25.3 Å². The summed E-state index contributed by atoms with van der Waals surface area (Å²) in [6, 6.07) is 6.34. The number of benzene rings is 1. The van der Waals surface area contributed by atoms with Crippen LogP contribution in [0.5, 0.6) is 0 Å². The number of rotatable bonds is 3. The predicted octanol–water partition coefficient (Wildman–Crippen LogP) is 2.75. The number of fused-ring (bicyclic) bond motifs is 2. The topological polar surface area (TPSA) is 72.9 Å². The van der Waals surface area contributed by atoms with Crippen LogP contribution >= 0.6 is 12.4 Å². The van der Waals surface area contributed by atoms with Crippen molar-refractivity contribution < 1.29 is 9.18 Å². The Morgan fingerprint density at radius 2 is 2.04 bits per heavy atom. The van der Waals surface area contributed by atoms with Gasteiger partial charge in [0.1, 0.15) is 11.5 Å². The van der Waals surface area contributed by atoms with Crippen LogP contribution in [0.15, 0.2) is 36.7 Å². The number of halogens is 2. The van der Waals surface area contributed by atoms with Crippen LogP contribution in [0.2, 0.25) is 0 Å². The number of anilines is 1. The summed E-state index contributed by atoms with van der Waals surface area (Å²) in [6.45, 7) is 0. The van der Waals surface area contributed by atoms with E-state index < -0.39 is 0 Å². The van der Waals surface area contributed by atoms with Gasteiger partial charge in [0.05, 0.1) is 24.0 Å². The zero-order valence-electron chi connectivity index (χ0n) is 13.1. The number of amides is 1. The quantitative estimate of drug-likeness (QED) is 0.894. The average molecular weight is 351 g/mol. The van der Waals surface area contributed by atoms with E-state index in [4.69, 9.17) is 5.73 Å². The molecule has 2 fully saturated rings. The van der Waals surface area contributed by atoms with Gasteiger partial charge in [0.2, 0.25) is 5.91 Å². The van der Waals surface area contributed by atoms with Gasteiger partial charge in [0.15, 0.2) is 0 Å². The molecule has 3 N–H and O–H groups in total. The molecule has 4 rings (SSSR count). The highest BCUT2D eigenvalue weighted by molar-refractivity contribution is 5.93. The van der Waals surface area contributed by atoms with Crippen LogP contribution in [-0.4, -0.2) is 21.7 Å². The minimum absolute atomic E-state index is 0. The lowest BCUT2D eigenvalue weighted by Crippen LogP contribution is -2.42. The minimum Gasteiger partial charge on any atom is -0.327 e. The van der Waals surface area contributed by atoms with E-state index in [1.165, 1.54) is 16.9 Å². The molecular formula is C17H20ClFN4O. The van der Waals surface area contributed by atoms with Gasteiger partial charge in [-0.1, -0.05) is 12.1 Å². The summed E-state index contributed by atoms with van der Waals surface area (Å²) in [6.07, 6.45) is 6.44. The van der Waals surface area contributed by atoms with Crippen molar-refractivity contribution in [2.24, 2.45) is 23.5 Å². The van der Waals surface area contributed by atoms with Crippen molar-refractivity contribution >= 4 is 24.0 Å². The van der Waals surface area contributed by atoms with Gasteiger partial charge in [-0.15, -0.1) is 12.4 Å². The Kier molecular flexibility index (Phi) is 4.60. The SMILES string of the molecule is Cl.NC1C2CCC(C2)C1C(=O)Nc1cnn(-c2ccccc2F)c1. The van der Waals surface area contributed by atoms with E-state index in [9.17, 15) is 9.18 Å². The number of nitrogens with zero attached hydrogens (tertiary/aromatic N) is 2. The van der Waals surface area contributed by atoms with Crippen molar-refractivity contribution in [1.29, 1.82) is 0 Å². The zero-order valence-corrected chi connectivity index (χ0v) is 13.9. The maximum atomic E-state index is 13.8. The number of carbonyl (C=O) groups is 1. The molecule has 2 bridgehead atoms. The van der Waals surface area contributed by atoms with E-state index in [-0.39, 0.29) is 36.1 Å². The Bertz CT molecular complexity index is 748. The fourth-order valence-corrected chi connectivity index (χ4v) is 4.11. The molecule has 1 heterocycles. The fourth-order valence-electron chi connectivity index (χ4n) is 4.11. The molecule has 24 heavy (non-hydrogen) atoms. The van der Waals surface area contributed by atoms with Gasteiger partial charge in [-0.05, 0) is 43.2 Å². The molecule has 2 saturated carbocycles. The van der Waals surface area contributed by atoms with Crippen LogP contribution in [0.1, 0.15) is 19.3 Å². The van der Waals surface area contributed by atoms with Crippen molar-refractivity contribution in [3.63, 3.8) is 0 Å². The number of hydrogen-bond donors (Lipinski definition) is 2. The maximum Gasteiger partial charge on any atom is 0.229 e. The summed E-state index contributed by atoms with van der Waals surface area (Å²) in [4.78, 5) is 12.5. The Hall–Kier alpha value is -1.92. The second-order valence-electron chi connectivity index (χ2n) is 6.55. The van der Waals surface area contributed by atoms with Crippen LogP contribution in [0.25, 0.3) is 5.69 Å². The van der Waals surface area contributed by atoms with Gasteiger partial charge in [-0.2, -0.15) is 5.10 Å². The average Bonchev–Trinajstić information content (AvgIpc) is 3.23. The van der Waals surface area contributed by atoms with E-state index >= 15 is 0 Å². The Morgan fingerprint density at radius 1 is 1.29 bits per heavy atom. The normalized spacial score (nSPS) is 27.8. The third-order valence-corrected chi connectivity index (χ3v) is 5.23. The lowest BCUT2D eigenvalue weighted by atomic mass is 9.84. The molecule has 0 aliphatic heterocycles. The molecular weight excluding hydrogens is 331 g/mol. The van der Waals surface area contributed by atoms with Crippen molar-refractivity contribution in [1.82, 2.24) is 9.78 Å². The molecule has 0 spiro atoms. The lowest BCUT2D eigenvalue weighted by molar-refractivity contribution is -0.121. The van der Waals surface area contributed by atoms with Crippen LogP contribution in [-0.2, 0) is 4.79 Å². The lowest BCUT2D eigenvalue weighted by Gasteiger charge is -2.26. The van der Waals surface area contributed by atoms with Gasteiger partial charge in [0, 0.05) is 6.04 Å². The molecule has 128 valence electrons. The van der Waals surface area contributed by atoms with Crippen LogP contribution in [0, 0.1) is 23.6 Å². The standard InChI is InChI=1S/C17H19FN4O.ClH/c18-13-3-1-2-4-14(13)22-9-12(8-20-22)21-17(23)15-10-5-6-11(7-10)16(15)19;/h1-4,8-11,15-16H,5-7,19H2,(H,21,23);1H.